The van der Waals surface area contributed by atoms with E-state index in [-0.39, 0.29) is 16.6 Å². The third-order valence-corrected chi connectivity index (χ3v) is 6.38. The molecule has 1 N–H and O–H groups in total. The lowest BCUT2D eigenvalue weighted by Crippen LogP contribution is -2.27. The van der Waals surface area contributed by atoms with Crippen molar-refractivity contribution in [2.45, 2.75) is 11.3 Å². The fraction of sp³-hybridized carbons (Fsp3) is 0.174. The lowest BCUT2D eigenvalue weighted by Gasteiger charge is -2.19. The molecular formula is C23H23FN2O4S. The third kappa shape index (κ3) is 5.82. The first-order valence-electron chi connectivity index (χ1n) is 9.68. The molecule has 0 radical (unpaired) electrons. The lowest BCUT2D eigenvalue weighted by atomic mass is 10.2. The number of carbonyl (C=O) groups is 1. The molecule has 31 heavy (non-hydrogen) atoms. The van der Waals surface area contributed by atoms with Gasteiger partial charge in [0, 0.05) is 19.2 Å². The number of halogens is 1. The Morgan fingerprint density at radius 2 is 1.61 bits per heavy atom. The number of sulfonamides is 1. The molecule has 3 aromatic carbocycles. The van der Waals surface area contributed by atoms with Gasteiger partial charge in [-0.2, -0.15) is 0 Å². The van der Waals surface area contributed by atoms with Crippen LogP contribution in [0.2, 0.25) is 0 Å². The van der Waals surface area contributed by atoms with Gasteiger partial charge in [-0.3, -0.25) is 9.10 Å². The molecule has 0 saturated heterocycles. The van der Waals surface area contributed by atoms with Crippen LogP contribution < -0.4 is 14.4 Å². The van der Waals surface area contributed by atoms with Crippen molar-refractivity contribution in [2.24, 2.45) is 0 Å². The second-order valence-electron chi connectivity index (χ2n) is 6.74. The zero-order valence-electron chi connectivity index (χ0n) is 17.0. The molecule has 1 amide bonds. The minimum atomic E-state index is -3.73. The Hall–Kier alpha value is -3.39. The van der Waals surface area contributed by atoms with E-state index in [1.54, 1.807) is 36.4 Å². The number of hydrogen-bond acceptors (Lipinski definition) is 4. The van der Waals surface area contributed by atoms with Crippen molar-refractivity contribution in [2.75, 3.05) is 24.5 Å². The van der Waals surface area contributed by atoms with Crippen LogP contribution in [-0.2, 0) is 10.0 Å². The first-order chi connectivity index (χ1) is 14.9. The maximum atomic E-state index is 12.8. The number of ether oxygens (including phenoxy) is 1. The van der Waals surface area contributed by atoms with Gasteiger partial charge in [-0.25, -0.2) is 12.8 Å². The van der Waals surface area contributed by atoms with Crippen LogP contribution in [0.4, 0.5) is 10.1 Å². The number of nitrogens with zero attached hydrogens (tertiary/aromatic N) is 1. The zero-order chi connectivity index (χ0) is 22.3. The van der Waals surface area contributed by atoms with Crippen molar-refractivity contribution >= 4 is 21.6 Å². The SMILES string of the molecule is CN(c1ccccc1)S(=O)(=O)c1ccc(C(=O)NCCCOc2ccc(F)cc2)cc1. The minimum absolute atomic E-state index is 0.100. The summed E-state index contributed by atoms with van der Waals surface area (Å²) in [6, 6.07) is 20.3. The summed E-state index contributed by atoms with van der Waals surface area (Å²) in [5, 5.41) is 2.76. The molecule has 3 rings (SSSR count). The molecule has 0 aromatic heterocycles. The van der Waals surface area contributed by atoms with Crippen LogP contribution in [-0.4, -0.2) is 34.5 Å². The summed E-state index contributed by atoms with van der Waals surface area (Å²) in [5.41, 5.74) is 0.910. The van der Waals surface area contributed by atoms with E-state index in [1.807, 2.05) is 6.07 Å². The molecule has 0 spiro atoms. The summed E-state index contributed by atoms with van der Waals surface area (Å²) in [5.74, 6) is -0.0720. The van der Waals surface area contributed by atoms with E-state index < -0.39 is 10.0 Å². The highest BCUT2D eigenvalue weighted by Gasteiger charge is 2.21. The fourth-order valence-electron chi connectivity index (χ4n) is 2.81. The van der Waals surface area contributed by atoms with Gasteiger partial charge in [0.25, 0.3) is 15.9 Å². The van der Waals surface area contributed by atoms with Gasteiger partial charge in [0.1, 0.15) is 11.6 Å². The Morgan fingerprint density at radius 1 is 0.968 bits per heavy atom. The molecule has 0 bridgehead atoms. The highest BCUT2D eigenvalue weighted by atomic mass is 32.2. The smallest absolute Gasteiger partial charge is 0.264 e. The van der Waals surface area contributed by atoms with Gasteiger partial charge in [0.05, 0.1) is 17.2 Å². The van der Waals surface area contributed by atoms with Crippen molar-refractivity contribution < 1.29 is 22.3 Å². The molecule has 0 heterocycles. The van der Waals surface area contributed by atoms with E-state index in [9.17, 15) is 17.6 Å². The van der Waals surface area contributed by atoms with Gasteiger partial charge in [0.15, 0.2) is 0 Å². The van der Waals surface area contributed by atoms with Gasteiger partial charge < -0.3 is 10.1 Å². The molecule has 8 heteroatoms. The monoisotopic (exact) mass is 442 g/mol. The number of hydrogen-bond donors (Lipinski definition) is 1. The fourth-order valence-corrected chi connectivity index (χ4v) is 4.01. The molecule has 0 fully saturated rings. The molecule has 3 aromatic rings. The van der Waals surface area contributed by atoms with Crippen LogP contribution in [0.1, 0.15) is 16.8 Å². The normalized spacial score (nSPS) is 11.0. The molecule has 6 nitrogen and oxygen atoms in total. The van der Waals surface area contributed by atoms with Crippen LogP contribution in [0.25, 0.3) is 0 Å². The number of anilines is 1. The Balaban J connectivity index is 1.51. The largest absolute Gasteiger partial charge is 0.494 e. The van der Waals surface area contributed by atoms with E-state index in [1.165, 1.54) is 47.8 Å². The average Bonchev–Trinajstić information content (AvgIpc) is 2.80. The summed E-state index contributed by atoms with van der Waals surface area (Å²) >= 11 is 0. The summed E-state index contributed by atoms with van der Waals surface area (Å²) in [7, 11) is -2.24. The highest BCUT2D eigenvalue weighted by molar-refractivity contribution is 7.92. The molecule has 0 aliphatic carbocycles. The Labute approximate surface area is 181 Å². The van der Waals surface area contributed by atoms with Crippen molar-refractivity contribution in [3.8, 4) is 5.75 Å². The van der Waals surface area contributed by atoms with E-state index in [0.717, 1.165) is 0 Å². The first-order valence-corrected chi connectivity index (χ1v) is 11.1. The number of nitrogens with one attached hydrogen (secondary N) is 1. The van der Waals surface area contributed by atoms with Crippen LogP contribution in [0.15, 0.2) is 83.8 Å². The second kappa shape index (κ2) is 10.1. The van der Waals surface area contributed by atoms with Crippen molar-refractivity contribution in [3.05, 3.63) is 90.2 Å². The molecular weight excluding hydrogens is 419 g/mol. The number of carbonyl (C=O) groups excluding carboxylic acids is 1. The average molecular weight is 443 g/mol. The van der Waals surface area contributed by atoms with Gasteiger partial charge in [-0.1, -0.05) is 18.2 Å². The molecule has 0 saturated carbocycles. The predicted molar refractivity (Wildman–Crippen MR) is 117 cm³/mol. The second-order valence-corrected chi connectivity index (χ2v) is 8.71. The maximum absolute atomic E-state index is 12.8. The van der Waals surface area contributed by atoms with Crippen molar-refractivity contribution in [1.82, 2.24) is 5.32 Å². The van der Waals surface area contributed by atoms with E-state index >= 15 is 0 Å². The van der Waals surface area contributed by atoms with Gasteiger partial charge in [-0.15, -0.1) is 0 Å². The van der Waals surface area contributed by atoms with E-state index in [0.29, 0.717) is 36.6 Å². The standard InChI is InChI=1S/C23H23FN2O4S/c1-26(20-6-3-2-4-7-20)31(28,29)22-14-8-18(9-15-22)23(27)25-16-5-17-30-21-12-10-19(24)11-13-21/h2-4,6-15H,5,16-17H2,1H3,(H,25,27). The van der Waals surface area contributed by atoms with E-state index in [2.05, 4.69) is 5.32 Å². The van der Waals surface area contributed by atoms with Crippen molar-refractivity contribution in [3.63, 3.8) is 0 Å². The Morgan fingerprint density at radius 3 is 2.26 bits per heavy atom. The first kappa shape index (κ1) is 22.3. The molecule has 0 atom stereocenters. The number of amides is 1. The maximum Gasteiger partial charge on any atom is 0.264 e. The number of para-hydroxylation sites is 1. The van der Waals surface area contributed by atoms with Crippen molar-refractivity contribution in [1.29, 1.82) is 0 Å². The minimum Gasteiger partial charge on any atom is -0.494 e. The molecule has 0 aliphatic rings. The Bertz CT molecular complexity index is 1100. The van der Waals surface area contributed by atoms with Crippen LogP contribution >= 0.6 is 0 Å². The lowest BCUT2D eigenvalue weighted by molar-refractivity contribution is 0.0951. The highest BCUT2D eigenvalue weighted by Crippen LogP contribution is 2.21. The summed E-state index contributed by atoms with van der Waals surface area (Å²) in [6.07, 6.45) is 0.567. The van der Waals surface area contributed by atoms with Gasteiger partial charge >= 0.3 is 0 Å². The summed E-state index contributed by atoms with van der Waals surface area (Å²) in [4.78, 5) is 12.4. The topological polar surface area (TPSA) is 75.7 Å². The van der Waals surface area contributed by atoms with Gasteiger partial charge in [-0.05, 0) is 67.1 Å². The quantitative estimate of drug-likeness (QED) is 0.511. The summed E-state index contributed by atoms with van der Waals surface area (Å²) in [6.45, 7) is 0.756. The van der Waals surface area contributed by atoms with Crippen LogP contribution in [0, 0.1) is 5.82 Å². The molecule has 162 valence electrons. The molecule has 0 unspecified atom stereocenters. The molecule has 0 aliphatic heterocycles. The zero-order valence-corrected chi connectivity index (χ0v) is 17.8. The summed E-state index contributed by atoms with van der Waals surface area (Å²) < 4.78 is 45.1. The number of benzene rings is 3. The van der Waals surface area contributed by atoms with Gasteiger partial charge in [0.2, 0.25) is 0 Å². The Kier molecular flexibility index (Phi) is 7.25. The van der Waals surface area contributed by atoms with Crippen LogP contribution in [0.5, 0.6) is 5.75 Å². The third-order valence-electron chi connectivity index (χ3n) is 4.58. The number of rotatable bonds is 9. The van der Waals surface area contributed by atoms with E-state index in [4.69, 9.17) is 4.74 Å². The van der Waals surface area contributed by atoms with Crippen LogP contribution in [0.3, 0.4) is 0 Å². The predicted octanol–water partition coefficient (Wildman–Crippen LogP) is 3.85.